The molecule has 1 amide bonds. The van der Waals surface area contributed by atoms with E-state index in [9.17, 15) is 9.59 Å². The second-order valence-electron chi connectivity index (χ2n) is 6.42. The highest BCUT2D eigenvalue weighted by Crippen LogP contribution is 2.12. The number of hydrogen-bond donors (Lipinski definition) is 1. The second kappa shape index (κ2) is 8.80. The fourth-order valence-corrected chi connectivity index (χ4v) is 2.91. The van der Waals surface area contributed by atoms with Crippen molar-refractivity contribution in [2.75, 3.05) is 44.3 Å². The first-order valence-corrected chi connectivity index (χ1v) is 8.77. The third-order valence-corrected chi connectivity index (χ3v) is 4.30. The minimum absolute atomic E-state index is 0.0292. The quantitative estimate of drug-likeness (QED) is 0.751. The van der Waals surface area contributed by atoms with Crippen LogP contribution in [-0.2, 0) is 16.0 Å². The molecule has 1 fully saturated rings. The van der Waals surface area contributed by atoms with Crippen LogP contribution in [0.5, 0.6) is 0 Å². The number of hydrogen-bond acceptors (Lipinski definition) is 5. The van der Waals surface area contributed by atoms with E-state index >= 15 is 0 Å². The molecule has 1 N–H and O–H groups in total. The summed E-state index contributed by atoms with van der Waals surface area (Å²) in [6.45, 7) is 13.4. The van der Waals surface area contributed by atoms with Crippen molar-refractivity contribution < 1.29 is 9.53 Å². The largest absolute Gasteiger partial charge is 0.378 e. The van der Waals surface area contributed by atoms with Gasteiger partial charge in [-0.25, -0.2) is 4.98 Å². The molecule has 138 valence electrons. The zero-order valence-electron chi connectivity index (χ0n) is 15.4. The number of anilines is 1. The number of amides is 1. The Balaban J connectivity index is 2.05. The molecule has 0 saturated carbocycles. The Morgan fingerprint density at radius 2 is 2.08 bits per heavy atom. The maximum absolute atomic E-state index is 12.4. The van der Waals surface area contributed by atoms with Gasteiger partial charge in [-0.05, 0) is 27.2 Å². The van der Waals surface area contributed by atoms with E-state index in [0.717, 1.165) is 5.57 Å². The summed E-state index contributed by atoms with van der Waals surface area (Å²) in [6.07, 6.45) is 0.687. The number of aromatic amines is 1. The van der Waals surface area contributed by atoms with Gasteiger partial charge in [0.25, 0.3) is 5.56 Å². The lowest BCUT2D eigenvalue weighted by Crippen LogP contribution is -2.39. The van der Waals surface area contributed by atoms with Crippen LogP contribution >= 0.6 is 0 Å². The van der Waals surface area contributed by atoms with Crippen LogP contribution in [0.4, 0.5) is 5.95 Å². The SMILES string of the molecule is C=C(C)CN(CC)C(=O)CCc1c(C)nc(N2CCOCC2)[nH]c1=O. The number of carbonyl (C=O) groups is 1. The monoisotopic (exact) mass is 348 g/mol. The predicted molar refractivity (Wildman–Crippen MR) is 98.0 cm³/mol. The van der Waals surface area contributed by atoms with Crippen molar-refractivity contribution in [3.8, 4) is 0 Å². The van der Waals surface area contributed by atoms with Crippen molar-refractivity contribution in [2.45, 2.75) is 33.6 Å². The van der Waals surface area contributed by atoms with Gasteiger partial charge in [0.1, 0.15) is 0 Å². The summed E-state index contributed by atoms with van der Waals surface area (Å²) in [4.78, 5) is 35.9. The first-order chi connectivity index (χ1) is 11.9. The lowest BCUT2D eigenvalue weighted by atomic mass is 10.1. The number of H-pyrrole nitrogens is 1. The summed E-state index contributed by atoms with van der Waals surface area (Å²) in [6, 6.07) is 0. The molecule has 2 heterocycles. The van der Waals surface area contributed by atoms with Gasteiger partial charge in [-0.1, -0.05) is 12.2 Å². The summed E-state index contributed by atoms with van der Waals surface area (Å²) in [5.74, 6) is 0.611. The first-order valence-electron chi connectivity index (χ1n) is 8.77. The first kappa shape index (κ1) is 19.2. The van der Waals surface area contributed by atoms with E-state index in [-0.39, 0.29) is 11.5 Å². The van der Waals surface area contributed by atoms with Gasteiger partial charge in [0.05, 0.1) is 13.2 Å². The molecule has 0 radical (unpaired) electrons. The highest BCUT2D eigenvalue weighted by molar-refractivity contribution is 5.76. The van der Waals surface area contributed by atoms with Crippen LogP contribution in [0.1, 0.15) is 31.5 Å². The lowest BCUT2D eigenvalue weighted by Gasteiger charge is -2.27. The Morgan fingerprint density at radius 3 is 2.64 bits per heavy atom. The molecule has 1 aliphatic heterocycles. The van der Waals surface area contributed by atoms with E-state index in [4.69, 9.17) is 4.74 Å². The van der Waals surface area contributed by atoms with E-state index in [1.54, 1.807) is 4.90 Å². The Hall–Kier alpha value is -2.15. The third kappa shape index (κ3) is 5.16. The molecule has 2 rings (SSSR count). The molecule has 7 nitrogen and oxygen atoms in total. The molecular formula is C18H28N4O3. The van der Waals surface area contributed by atoms with Crippen LogP contribution in [0.15, 0.2) is 16.9 Å². The van der Waals surface area contributed by atoms with Crippen LogP contribution in [0.25, 0.3) is 0 Å². The molecule has 7 heteroatoms. The van der Waals surface area contributed by atoms with Crippen molar-refractivity contribution >= 4 is 11.9 Å². The third-order valence-electron chi connectivity index (χ3n) is 4.30. The molecular weight excluding hydrogens is 320 g/mol. The van der Waals surface area contributed by atoms with E-state index in [2.05, 4.69) is 16.5 Å². The molecule has 0 aliphatic carbocycles. The number of carbonyl (C=O) groups excluding carboxylic acids is 1. The van der Waals surface area contributed by atoms with Gasteiger partial charge in [0.15, 0.2) is 0 Å². The van der Waals surface area contributed by atoms with Gasteiger partial charge in [0, 0.05) is 43.9 Å². The van der Waals surface area contributed by atoms with Crippen LogP contribution in [0.3, 0.4) is 0 Å². The van der Waals surface area contributed by atoms with Crippen LogP contribution in [-0.4, -0.2) is 60.2 Å². The summed E-state index contributed by atoms with van der Waals surface area (Å²) < 4.78 is 5.32. The molecule has 0 atom stereocenters. The predicted octanol–water partition coefficient (Wildman–Crippen LogP) is 1.27. The standard InChI is InChI=1S/C18H28N4O3/c1-5-21(12-13(2)3)16(23)7-6-15-14(4)19-18(20-17(15)24)22-8-10-25-11-9-22/h2,5-12H2,1,3-4H3,(H,19,20,24). The number of aromatic nitrogens is 2. The average Bonchev–Trinajstić information content (AvgIpc) is 2.59. The molecule has 0 aromatic carbocycles. The summed E-state index contributed by atoms with van der Waals surface area (Å²) >= 11 is 0. The smallest absolute Gasteiger partial charge is 0.255 e. The zero-order valence-corrected chi connectivity index (χ0v) is 15.4. The number of morpholine rings is 1. The zero-order chi connectivity index (χ0) is 18.4. The van der Waals surface area contributed by atoms with Gasteiger partial charge < -0.3 is 14.5 Å². The lowest BCUT2D eigenvalue weighted by molar-refractivity contribution is -0.130. The molecule has 1 aromatic heterocycles. The van der Waals surface area contributed by atoms with E-state index in [1.165, 1.54) is 0 Å². The molecule has 1 aromatic rings. The van der Waals surface area contributed by atoms with Crippen LogP contribution in [0.2, 0.25) is 0 Å². The second-order valence-corrected chi connectivity index (χ2v) is 6.42. The number of nitrogens with zero attached hydrogens (tertiary/aromatic N) is 3. The van der Waals surface area contributed by atoms with Gasteiger partial charge in [0.2, 0.25) is 11.9 Å². The molecule has 0 spiro atoms. The van der Waals surface area contributed by atoms with Crippen molar-refractivity contribution in [1.29, 1.82) is 0 Å². The number of rotatable bonds is 7. The summed E-state index contributed by atoms with van der Waals surface area (Å²) in [7, 11) is 0. The molecule has 0 bridgehead atoms. The molecule has 1 saturated heterocycles. The van der Waals surface area contributed by atoms with Gasteiger partial charge >= 0.3 is 0 Å². The number of ether oxygens (including phenoxy) is 1. The maximum atomic E-state index is 12.4. The maximum Gasteiger partial charge on any atom is 0.255 e. The summed E-state index contributed by atoms with van der Waals surface area (Å²) in [5, 5.41) is 0. The van der Waals surface area contributed by atoms with Crippen molar-refractivity contribution in [2.24, 2.45) is 0 Å². The summed E-state index contributed by atoms with van der Waals surface area (Å²) in [5.41, 5.74) is 2.04. The minimum Gasteiger partial charge on any atom is -0.378 e. The van der Waals surface area contributed by atoms with Crippen molar-refractivity contribution in [3.63, 3.8) is 0 Å². The average molecular weight is 348 g/mol. The van der Waals surface area contributed by atoms with E-state index < -0.39 is 0 Å². The topological polar surface area (TPSA) is 78.5 Å². The fraction of sp³-hybridized carbons (Fsp3) is 0.611. The van der Waals surface area contributed by atoms with E-state index in [0.29, 0.717) is 69.4 Å². The normalized spacial score (nSPS) is 14.4. The highest BCUT2D eigenvalue weighted by Gasteiger charge is 2.18. The Kier molecular flexibility index (Phi) is 6.75. The van der Waals surface area contributed by atoms with Crippen LogP contribution in [0, 0.1) is 6.92 Å². The number of likely N-dealkylation sites (N-methyl/N-ethyl adjacent to an activating group) is 1. The molecule has 1 aliphatic rings. The Morgan fingerprint density at radius 1 is 1.40 bits per heavy atom. The number of aryl methyl sites for hydroxylation is 1. The Bertz CT molecular complexity index is 677. The highest BCUT2D eigenvalue weighted by atomic mass is 16.5. The van der Waals surface area contributed by atoms with E-state index in [1.807, 2.05) is 25.7 Å². The molecule has 0 unspecified atom stereocenters. The van der Waals surface area contributed by atoms with Gasteiger partial charge in [-0.15, -0.1) is 0 Å². The van der Waals surface area contributed by atoms with Gasteiger partial charge in [-0.2, -0.15) is 0 Å². The molecule has 25 heavy (non-hydrogen) atoms. The van der Waals surface area contributed by atoms with Crippen molar-refractivity contribution in [3.05, 3.63) is 33.8 Å². The Labute approximate surface area is 148 Å². The minimum atomic E-state index is -0.162. The van der Waals surface area contributed by atoms with Crippen LogP contribution < -0.4 is 10.5 Å². The van der Waals surface area contributed by atoms with Crippen molar-refractivity contribution in [1.82, 2.24) is 14.9 Å². The van der Waals surface area contributed by atoms with Gasteiger partial charge in [-0.3, -0.25) is 14.6 Å². The number of nitrogens with one attached hydrogen (secondary N) is 1. The fourth-order valence-electron chi connectivity index (χ4n) is 2.91.